The van der Waals surface area contributed by atoms with Crippen molar-refractivity contribution in [2.24, 2.45) is 0 Å². The summed E-state index contributed by atoms with van der Waals surface area (Å²) in [6.07, 6.45) is -1.37. The van der Waals surface area contributed by atoms with Gasteiger partial charge >= 0.3 is 0 Å². The molecule has 1 saturated heterocycles. The molecule has 5 heteroatoms. The SMILES string of the molecule is CC(C)(C)[Si](C)(C)O[C@H]1O[C@@H](c2ccccc2)OCC1=O. The van der Waals surface area contributed by atoms with E-state index in [2.05, 4.69) is 33.9 Å². The third-order valence-corrected chi connectivity index (χ3v) is 8.58. The van der Waals surface area contributed by atoms with Crippen molar-refractivity contribution in [3.8, 4) is 0 Å². The molecule has 1 fully saturated rings. The first-order valence-electron chi connectivity index (χ1n) is 7.23. The molecule has 1 aromatic rings. The molecule has 0 spiro atoms. The molecule has 0 unspecified atom stereocenters. The topological polar surface area (TPSA) is 44.8 Å². The fourth-order valence-corrected chi connectivity index (χ4v) is 2.85. The number of rotatable bonds is 3. The van der Waals surface area contributed by atoms with Crippen molar-refractivity contribution in [2.45, 2.75) is 51.5 Å². The summed E-state index contributed by atoms with van der Waals surface area (Å²) >= 11 is 0. The number of ether oxygens (including phenoxy) is 2. The van der Waals surface area contributed by atoms with Crippen LogP contribution >= 0.6 is 0 Å². The zero-order valence-electron chi connectivity index (χ0n) is 13.4. The van der Waals surface area contributed by atoms with Gasteiger partial charge in [0.15, 0.2) is 14.6 Å². The Morgan fingerprint density at radius 3 is 2.38 bits per heavy atom. The normalized spacial score (nSPS) is 24.1. The monoisotopic (exact) mass is 308 g/mol. The van der Waals surface area contributed by atoms with Crippen LogP contribution in [-0.2, 0) is 18.7 Å². The van der Waals surface area contributed by atoms with Crippen molar-refractivity contribution in [3.63, 3.8) is 0 Å². The quantitative estimate of drug-likeness (QED) is 0.800. The number of Topliss-reactive ketones (excluding diaryl/α,β-unsaturated/α-hetero) is 1. The molecule has 0 saturated carbocycles. The Hall–Kier alpha value is -1.01. The largest absolute Gasteiger partial charge is 0.386 e. The van der Waals surface area contributed by atoms with Gasteiger partial charge in [0.25, 0.3) is 0 Å². The molecule has 0 bridgehead atoms. The Bertz CT molecular complexity index is 493. The average Bonchev–Trinajstić information content (AvgIpc) is 2.41. The van der Waals surface area contributed by atoms with Crippen molar-refractivity contribution in [2.75, 3.05) is 6.61 Å². The van der Waals surface area contributed by atoms with Crippen LogP contribution in [0.2, 0.25) is 18.1 Å². The molecule has 21 heavy (non-hydrogen) atoms. The van der Waals surface area contributed by atoms with Gasteiger partial charge in [-0.25, -0.2) is 0 Å². The third kappa shape index (κ3) is 3.80. The van der Waals surface area contributed by atoms with Crippen LogP contribution in [0.5, 0.6) is 0 Å². The molecule has 1 heterocycles. The zero-order chi connectivity index (χ0) is 15.7. The van der Waals surface area contributed by atoms with Gasteiger partial charge in [0.05, 0.1) is 0 Å². The summed E-state index contributed by atoms with van der Waals surface area (Å²) in [7, 11) is -2.07. The first-order chi connectivity index (χ1) is 9.71. The molecular weight excluding hydrogens is 284 g/mol. The van der Waals surface area contributed by atoms with Gasteiger partial charge in [0.1, 0.15) is 6.61 Å². The van der Waals surface area contributed by atoms with Gasteiger partial charge in [0, 0.05) is 5.56 Å². The number of ketones is 1. The standard InChI is InChI=1S/C16H24O4Si/c1-16(2,3)21(4,5)20-15-13(17)11-18-14(19-15)12-9-7-6-8-10-12/h6-10,14-15H,11H2,1-5H3/t14-,15+/m0/s1. The van der Waals surface area contributed by atoms with E-state index in [4.69, 9.17) is 13.9 Å². The molecule has 1 aliphatic heterocycles. The van der Waals surface area contributed by atoms with Crippen LogP contribution in [-0.4, -0.2) is 27.0 Å². The summed E-state index contributed by atoms with van der Waals surface area (Å²) in [5.74, 6) is -0.146. The number of hydrogen-bond acceptors (Lipinski definition) is 4. The van der Waals surface area contributed by atoms with Gasteiger partial charge in [-0.3, -0.25) is 4.79 Å². The predicted molar refractivity (Wildman–Crippen MR) is 83.3 cm³/mol. The summed E-state index contributed by atoms with van der Waals surface area (Å²) < 4.78 is 17.3. The summed E-state index contributed by atoms with van der Waals surface area (Å²) in [6.45, 7) is 10.7. The van der Waals surface area contributed by atoms with Gasteiger partial charge in [-0.05, 0) is 18.1 Å². The van der Waals surface area contributed by atoms with Crippen LogP contribution < -0.4 is 0 Å². The second kappa shape index (κ2) is 6.00. The van der Waals surface area contributed by atoms with Crippen LogP contribution in [0.25, 0.3) is 0 Å². The highest BCUT2D eigenvalue weighted by molar-refractivity contribution is 6.74. The number of benzene rings is 1. The van der Waals surface area contributed by atoms with Gasteiger partial charge in [-0.15, -0.1) is 0 Å². The van der Waals surface area contributed by atoms with E-state index in [1.165, 1.54) is 0 Å². The summed E-state index contributed by atoms with van der Waals surface area (Å²) in [4.78, 5) is 12.0. The molecule has 0 aliphatic carbocycles. The molecule has 0 amide bonds. The first kappa shape index (κ1) is 16.4. The van der Waals surface area contributed by atoms with Crippen LogP contribution in [0.3, 0.4) is 0 Å². The second-order valence-electron chi connectivity index (χ2n) is 6.87. The Morgan fingerprint density at radius 2 is 1.81 bits per heavy atom. The van der Waals surface area contributed by atoms with E-state index in [1.54, 1.807) is 0 Å². The Balaban J connectivity index is 2.11. The molecule has 4 nitrogen and oxygen atoms in total. The average molecular weight is 308 g/mol. The lowest BCUT2D eigenvalue weighted by molar-refractivity contribution is -0.251. The van der Waals surface area contributed by atoms with Crippen molar-refractivity contribution < 1.29 is 18.7 Å². The zero-order valence-corrected chi connectivity index (χ0v) is 14.4. The number of carbonyl (C=O) groups is 1. The predicted octanol–water partition coefficient (Wildman–Crippen LogP) is 3.65. The molecule has 2 rings (SSSR count). The van der Waals surface area contributed by atoms with Crippen LogP contribution in [0.15, 0.2) is 30.3 Å². The number of hydrogen-bond donors (Lipinski definition) is 0. The van der Waals surface area contributed by atoms with E-state index in [1.807, 2.05) is 30.3 Å². The highest BCUT2D eigenvalue weighted by atomic mass is 28.4. The highest BCUT2D eigenvalue weighted by Gasteiger charge is 2.43. The van der Waals surface area contributed by atoms with Gasteiger partial charge in [0.2, 0.25) is 12.1 Å². The maximum Gasteiger partial charge on any atom is 0.214 e. The van der Waals surface area contributed by atoms with E-state index in [0.29, 0.717) is 0 Å². The Morgan fingerprint density at radius 1 is 1.19 bits per heavy atom. The summed E-state index contributed by atoms with van der Waals surface area (Å²) in [5.41, 5.74) is 0.897. The molecule has 0 aromatic heterocycles. The van der Waals surface area contributed by atoms with Crippen LogP contribution in [0.4, 0.5) is 0 Å². The van der Waals surface area contributed by atoms with Crippen molar-refractivity contribution in [3.05, 3.63) is 35.9 Å². The maximum atomic E-state index is 12.0. The lowest BCUT2D eigenvalue weighted by Gasteiger charge is -2.40. The summed E-state index contributed by atoms with van der Waals surface area (Å²) in [5, 5.41) is 0.0250. The first-order valence-corrected chi connectivity index (χ1v) is 10.1. The van der Waals surface area contributed by atoms with Gasteiger partial charge in [-0.1, -0.05) is 51.1 Å². The van der Waals surface area contributed by atoms with Crippen molar-refractivity contribution in [1.29, 1.82) is 0 Å². The van der Waals surface area contributed by atoms with E-state index >= 15 is 0 Å². The molecule has 1 aromatic carbocycles. The highest BCUT2D eigenvalue weighted by Crippen LogP contribution is 2.38. The molecule has 0 N–H and O–H groups in total. The van der Waals surface area contributed by atoms with Gasteiger partial charge in [-0.2, -0.15) is 0 Å². The van der Waals surface area contributed by atoms with Crippen molar-refractivity contribution in [1.82, 2.24) is 0 Å². The Labute approximate surface area is 127 Å². The fourth-order valence-electron chi connectivity index (χ4n) is 1.78. The van der Waals surface area contributed by atoms with Gasteiger partial charge < -0.3 is 13.9 Å². The minimum Gasteiger partial charge on any atom is -0.386 e. The van der Waals surface area contributed by atoms with Crippen molar-refractivity contribution >= 4 is 14.1 Å². The van der Waals surface area contributed by atoms with E-state index in [9.17, 15) is 4.79 Å². The third-order valence-electron chi connectivity index (χ3n) is 4.17. The van der Waals surface area contributed by atoms with E-state index in [-0.39, 0.29) is 17.4 Å². The molecular formula is C16H24O4Si. The maximum absolute atomic E-state index is 12.0. The number of carbonyl (C=O) groups excluding carboxylic acids is 1. The smallest absolute Gasteiger partial charge is 0.214 e. The Kier molecular flexibility index (Phi) is 4.68. The summed E-state index contributed by atoms with van der Waals surface area (Å²) in [6, 6.07) is 9.61. The lowest BCUT2D eigenvalue weighted by atomic mass is 10.2. The minimum absolute atomic E-state index is 0.0250. The van der Waals surface area contributed by atoms with E-state index < -0.39 is 20.9 Å². The second-order valence-corrected chi connectivity index (χ2v) is 11.6. The molecule has 2 atom stereocenters. The molecule has 0 radical (unpaired) electrons. The fraction of sp³-hybridized carbons (Fsp3) is 0.562. The van der Waals surface area contributed by atoms with Crippen LogP contribution in [0.1, 0.15) is 32.6 Å². The van der Waals surface area contributed by atoms with E-state index in [0.717, 1.165) is 5.56 Å². The minimum atomic E-state index is -2.07. The van der Waals surface area contributed by atoms with Crippen LogP contribution in [0, 0.1) is 0 Å². The lowest BCUT2D eigenvalue weighted by Crippen LogP contribution is -2.49. The molecule has 1 aliphatic rings. The molecule has 116 valence electrons.